The summed E-state index contributed by atoms with van der Waals surface area (Å²) in [5.74, 6) is 0.0671. The molecule has 0 saturated carbocycles. The van der Waals surface area contributed by atoms with Gasteiger partial charge in [-0.2, -0.15) is 0 Å². The van der Waals surface area contributed by atoms with Crippen molar-refractivity contribution in [1.82, 2.24) is 0 Å². The zero-order valence-electron chi connectivity index (χ0n) is 13.2. The molecule has 1 atom stereocenters. The first-order valence-corrected chi connectivity index (χ1v) is 7.36. The standard InChI is InChI=1S/C17H16N2O5/c1-10-3-6-16-12(7-10)14(9-24-16)18-11-4-5-15(19(21)22)13(8-11)17(20)23-2/h3-8,14,18H,9H2,1-2H3. The molecule has 0 fully saturated rings. The molecule has 3 rings (SSSR count). The maximum Gasteiger partial charge on any atom is 0.344 e. The first kappa shape index (κ1) is 15.8. The topological polar surface area (TPSA) is 90.7 Å². The van der Waals surface area contributed by atoms with Crippen LogP contribution >= 0.6 is 0 Å². The largest absolute Gasteiger partial charge is 0.491 e. The highest BCUT2D eigenvalue weighted by molar-refractivity contribution is 5.95. The van der Waals surface area contributed by atoms with Crippen LogP contribution in [0.5, 0.6) is 5.75 Å². The van der Waals surface area contributed by atoms with E-state index in [1.807, 2.05) is 25.1 Å². The van der Waals surface area contributed by atoms with Crippen LogP contribution in [-0.4, -0.2) is 24.6 Å². The number of nitrogens with zero attached hydrogens (tertiary/aromatic N) is 1. The second kappa shape index (κ2) is 6.19. The van der Waals surface area contributed by atoms with Gasteiger partial charge in [-0.15, -0.1) is 0 Å². The third-order valence-corrected chi connectivity index (χ3v) is 3.89. The van der Waals surface area contributed by atoms with Crippen LogP contribution in [0.3, 0.4) is 0 Å². The van der Waals surface area contributed by atoms with Gasteiger partial charge < -0.3 is 14.8 Å². The Bertz CT molecular complexity index is 819. The number of carbonyl (C=O) groups is 1. The van der Waals surface area contributed by atoms with E-state index in [-0.39, 0.29) is 17.3 Å². The maximum absolute atomic E-state index is 11.8. The van der Waals surface area contributed by atoms with Gasteiger partial charge in [0.05, 0.1) is 18.1 Å². The molecule has 24 heavy (non-hydrogen) atoms. The van der Waals surface area contributed by atoms with Crippen LogP contribution in [-0.2, 0) is 4.74 Å². The number of methoxy groups -OCH3 is 1. The molecule has 0 radical (unpaired) electrons. The summed E-state index contributed by atoms with van der Waals surface area (Å²) in [5, 5.41) is 14.3. The highest BCUT2D eigenvalue weighted by Gasteiger charge is 2.26. The second-order valence-corrected chi connectivity index (χ2v) is 5.53. The first-order valence-electron chi connectivity index (χ1n) is 7.36. The molecule has 124 valence electrons. The third kappa shape index (κ3) is 2.88. The quantitative estimate of drug-likeness (QED) is 0.526. The summed E-state index contributed by atoms with van der Waals surface area (Å²) in [4.78, 5) is 22.2. The molecule has 1 N–H and O–H groups in total. The second-order valence-electron chi connectivity index (χ2n) is 5.53. The summed E-state index contributed by atoms with van der Waals surface area (Å²) in [6.07, 6.45) is 0. The SMILES string of the molecule is COC(=O)c1cc(NC2COc3ccc(C)cc32)ccc1[N+](=O)[O-]. The summed E-state index contributed by atoms with van der Waals surface area (Å²) in [6.45, 7) is 2.44. The first-order chi connectivity index (χ1) is 11.5. The molecule has 1 aliphatic heterocycles. The van der Waals surface area contributed by atoms with Crippen molar-refractivity contribution in [2.24, 2.45) is 0 Å². The number of hydrogen-bond acceptors (Lipinski definition) is 6. The molecule has 1 unspecified atom stereocenters. The molecule has 7 heteroatoms. The van der Waals surface area contributed by atoms with Crippen LogP contribution in [0.4, 0.5) is 11.4 Å². The third-order valence-electron chi connectivity index (χ3n) is 3.89. The van der Waals surface area contributed by atoms with Gasteiger partial charge in [0.2, 0.25) is 0 Å². The zero-order valence-corrected chi connectivity index (χ0v) is 13.2. The number of esters is 1. The number of rotatable bonds is 4. The fourth-order valence-electron chi connectivity index (χ4n) is 2.71. The van der Waals surface area contributed by atoms with Crippen molar-refractivity contribution in [3.05, 3.63) is 63.2 Å². The van der Waals surface area contributed by atoms with Crippen molar-refractivity contribution in [3.8, 4) is 5.75 Å². The Morgan fingerprint density at radius 2 is 2.12 bits per heavy atom. The van der Waals surface area contributed by atoms with Crippen LogP contribution in [0.25, 0.3) is 0 Å². The summed E-state index contributed by atoms with van der Waals surface area (Å²) in [7, 11) is 1.19. The molecule has 0 aliphatic carbocycles. The predicted octanol–water partition coefficient (Wildman–Crippen LogP) is 3.24. The van der Waals surface area contributed by atoms with E-state index < -0.39 is 10.9 Å². The molecule has 0 saturated heterocycles. The molecule has 0 bridgehead atoms. The van der Waals surface area contributed by atoms with Crippen LogP contribution < -0.4 is 10.1 Å². The number of ether oxygens (including phenoxy) is 2. The van der Waals surface area contributed by atoms with Gasteiger partial charge in [-0.3, -0.25) is 10.1 Å². The van der Waals surface area contributed by atoms with Crippen molar-refractivity contribution in [3.63, 3.8) is 0 Å². The summed E-state index contributed by atoms with van der Waals surface area (Å²) < 4.78 is 10.3. The molecular weight excluding hydrogens is 312 g/mol. The van der Waals surface area contributed by atoms with E-state index in [4.69, 9.17) is 4.74 Å². The Balaban J connectivity index is 1.91. The van der Waals surface area contributed by atoms with Crippen LogP contribution in [0.1, 0.15) is 27.5 Å². The number of nitro groups is 1. The molecular formula is C17H16N2O5. The van der Waals surface area contributed by atoms with Gasteiger partial charge in [0.1, 0.15) is 17.9 Å². The van der Waals surface area contributed by atoms with Gasteiger partial charge in [0, 0.05) is 17.3 Å². The van der Waals surface area contributed by atoms with Crippen molar-refractivity contribution in [1.29, 1.82) is 0 Å². The van der Waals surface area contributed by atoms with Crippen LogP contribution in [0.15, 0.2) is 36.4 Å². The predicted molar refractivity (Wildman–Crippen MR) is 87.5 cm³/mol. The number of fused-ring (bicyclic) bond motifs is 1. The normalized spacial score (nSPS) is 15.3. The minimum Gasteiger partial charge on any atom is -0.491 e. The molecule has 1 aliphatic rings. The number of nitro benzene ring substituents is 1. The molecule has 2 aromatic rings. The Hall–Kier alpha value is -3.09. The summed E-state index contributed by atoms with van der Waals surface area (Å²) in [6, 6.07) is 10.1. The van der Waals surface area contributed by atoms with Crippen molar-refractivity contribution in [2.75, 3.05) is 19.0 Å². The lowest BCUT2D eigenvalue weighted by Gasteiger charge is -2.14. The Morgan fingerprint density at radius 3 is 2.83 bits per heavy atom. The zero-order chi connectivity index (χ0) is 17.3. The number of anilines is 1. The molecule has 0 aromatic heterocycles. The van der Waals surface area contributed by atoms with E-state index in [1.54, 1.807) is 6.07 Å². The minimum atomic E-state index is -0.746. The van der Waals surface area contributed by atoms with Crippen molar-refractivity contribution in [2.45, 2.75) is 13.0 Å². The number of aryl methyl sites for hydroxylation is 1. The summed E-state index contributed by atoms with van der Waals surface area (Å²) in [5.41, 5.74) is 2.35. The molecule has 0 spiro atoms. The lowest BCUT2D eigenvalue weighted by molar-refractivity contribution is -0.385. The molecule has 2 aromatic carbocycles. The van der Waals surface area contributed by atoms with E-state index >= 15 is 0 Å². The van der Waals surface area contributed by atoms with E-state index in [1.165, 1.54) is 19.2 Å². The monoisotopic (exact) mass is 328 g/mol. The number of nitrogens with one attached hydrogen (secondary N) is 1. The average molecular weight is 328 g/mol. The van der Waals surface area contributed by atoms with Crippen molar-refractivity contribution >= 4 is 17.3 Å². The number of hydrogen-bond donors (Lipinski definition) is 1. The van der Waals surface area contributed by atoms with Gasteiger partial charge in [0.15, 0.2) is 0 Å². The van der Waals surface area contributed by atoms with E-state index in [2.05, 4.69) is 10.1 Å². The van der Waals surface area contributed by atoms with Gasteiger partial charge in [-0.05, 0) is 25.1 Å². The number of benzene rings is 2. The fraction of sp³-hybridized carbons (Fsp3) is 0.235. The molecule has 0 amide bonds. The van der Waals surface area contributed by atoms with Gasteiger partial charge in [-0.25, -0.2) is 4.79 Å². The highest BCUT2D eigenvalue weighted by atomic mass is 16.6. The summed E-state index contributed by atoms with van der Waals surface area (Å²) >= 11 is 0. The Labute approximate surface area is 138 Å². The highest BCUT2D eigenvalue weighted by Crippen LogP contribution is 2.35. The van der Waals surface area contributed by atoms with E-state index in [0.29, 0.717) is 12.3 Å². The van der Waals surface area contributed by atoms with Crippen molar-refractivity contribution < 1.29 is 19.2 Å². The Morgan fingerprint density at radius 1 is 1.33 bits per heavy atom. The maximum atomic E-state index is 11.8. The van der Waals surface area contributed by atoms with E-state index in [0.717, 1.165) is 16.9 Å². The lowest BCUT2D eigenvalue weighted by Crippen LogP contribution is -2.13. The molecule has 1 heterocycles. The molecule has 7 nitrogen and oxygen atoms in total. The number of carbonyl (C=O) groups excluding carboxylic acids is 1. The fourth-order valence-corrected chi connectivity index (χ4v) is 2.71. The average Bonchev–Trinajstić information content (AvgIpc) is 2.96. The Kier molecular flexibility index (Phi) is 4.07. The van der Waals surface area contributed by atoms with Crippen LogP contribution in [0, 0.1) is 17.0 Å². The van der Waals surface area contributed by atoms with Gasteiger partial charge in [0.25, 0.3) is 5.69 Å². The van der Waals surface area contributed by atoms with Crippen LogP contribution in [0.2, 0.25) is 0 Å². The smallest absolute Gasteiger partial charge is 0.344 e. The van der Waals surface area contributed by atoms with Gasteiger partial charge in [-0.1, -0.05) is 17.7 Å². The minimum absolute atomic E-state index is 0.0871. The van der Waals surface area contributed by atoms with Gasteiger partial charge >= 0.3 is 5.97 Å². The lowest BCUT2D eigenvalue weighted by atomic mass is 10.0. The van der Waals surface area contributed by atoms with E-state index in [9.17, 15) is 14.9 Å².